The number of rotatable bonds is 0. The molecule has 0 aliphatic carbocycles. The van der Waals surface area contributed by atoms with Gasteiger partial charge < -0.3 is 0 Å². The van der Waals surface area contributed by atoms with Gasteiger partial charge in [-0.05, 0) is 0 Å². The first-order valence-corrected chi connectivity index (χ1v) is 12.4. The Balaban J connectivity index is 0. The van der Waals surface area contributed by atoms with Gasteiger partial charge in [-0.15, -0.1) is 0 Å². The average Bonchev–Trinajstić information content (AvgIpc) is 0.811. The second kappa shape index (κ2) is 7.25. The molecule has 5 heteroatoms. The fourth-order valence-corrected chi connectivity index (χ4v) is 0. The smallest absolute Gasteiger partial charge is 0 e. The van der Waals surface area contributed by atoms with E-state index in [0.717, 1.165) is 0 Å². The first-order valence-electron chi connectivity index (χ1n) is 0.567. The predicted octanol–water partition coefficient (Wildman–Crippen LogP) is 1.69. The SMILES string of the molecule is [Cl][Ce]([Cl])[Cl].[Na]. The Morgan fingerprint density at radius 1 is 1.00 bits per heavy atom. The van der Waals surface area contributed by atoms with Crippen molar-refractivity contribution in [3.63, 3.8) is 0 Å². The van der Waals surface area contributed by atoms with Crippen molar-refractivity contribution >= 4 is 46.4 Å². The van der Waals surface area contributed by atoms with E-state index in [1.165, 1.54) is 0 Å². The van der Waals surface area contributed by atoms with Crippen LogP contribution in [0.15, 0.2) is 0 Å². The maximum absolute atomic E-state index is 5.02. The summed E-state index contributed by atoms with van der Waals surface area (Å²) in [5, 5.41) is 0. The van der Waals surface area contributed by atoms with Crippen molar-refractivity contribution in [3.8, 4) is 0 Å². The third kappa shape index (κ3) is 18.9. The molecule has 1 radical (unpaired) electrons. The molecule has 0 heterocycles. The molecule has 26 valence electrons. The number of halogens is 3. The zero-order valence-corrected chi connectivity index (χ0v) is 10.0. The Bertz CT molecular complexity index is 11.6. The van der Waals surface area contributed by atoms with Crippen LogP contribution < -0.4 is 0 Å². The van der Waals surface area contributed by atoms with E-state index in [-0.39, 0.29) is 29.6 Å². The quantitative estimate of drug-likeness (QED) is 0.587. The summed E-state index contributed by atoms with van der Waals surface area (Å²) in [5.74, 6) is 0. The molecule has 0 aromatic carbocycles. The second-order valence-electron chi connectivity index (χ2n) is 0.214. The van der Waals surface area contributed by atoms with E-state index in [9.17, 15) is 0 Å². The van der Waals surface area contributed by atoms with E-state index in [0.29, 0.717) is 0 Å². The first kappa shape index (κ1) is 11.1. The molecule has 0 saturated carbocycles. The van der Waals surface area contributed by atoms with E-state index >= 15 is 0 Å². The molecule has 0 aliphatic rings. The summed E-state index contributed by atoms with van der Waals surface area (Å²) in [7, 11) is 0. The molecule has 0 rings (SSSR count). The molecule has 0 aromatic rings. The minimum Gasteiger partial charge on any atom is 0 e. The van der Waals surface area contributed by atoms with Gasteiger partial charge in [0.1, 0.15) is 0 Å². The van der Waals surface area contributed by atoms with Gasteiger partial charge in [0.2, 0.25) is 0 Å². The molecule has 0 nitrogen and oxygen atoms in total. The van der Waals surface area contributed by atoms with Crippen LogP contribution in [-0.2, 0) is 0 Å². The molecular weight excluding hydrogens is 269 g/mol. The molecule has 0 aromatic heterocycles. The van der Waals surface area contributed by atoms with E-state index in [4.69, 9.17) is 16.9 Å². The van der Waals surface area contributed by atoms with Gasteiger partial charge in [-0.3, -0.25) is 0 Å². The van der Waals surface area contributed by atoms with E-state index < -0.39 is 30.7 Å². The van der Waals surface area contributed by atoms with Crippen LogP contribution in [0.3, 0.4) is 0 Å². The van der Waals surface area contributed by atoms with Crippen LogP contribution in [0.4, 0.5) is 0 Å². The minimum absolute atomic E-state index is 0. The Kier molecular flexibility index (Phi) is 16.1. The van der Waals surface area contributed by atoms with Crippen LogP contribution in [0.5, 0.6) is 0 Å². The largest absolute Gasteiger partial charge is 0 e. The van der Waals surface area contributed by atoms with Gasteiger partial charge in [-0.1, -0.05) is 0 Å². The van der Waals surface area contributed by atoms with Crippen molar-refractivity contribution in [3.05, 3.63) is 0 Å². The first-order chi connectivity index (χ1) is 1.73. The van der Waals surface area contributed by atoms with Crippen LogP contribution in [0.1, 0.15) is 0 Å². The Morgan fingerprint density at radius 3 is 1.00 bits per heavy atom. The monoisotopic (exact) mass is 268 g/mol. The molecule has 0 fully saturated rings. The zero-order chi connectivity index (χ0) is 3.58. The number of hydrogen-bond donors (Lipinski definition) is 0. The Hall–Kier alpha value is 3.25. The van der Waals surface area contributed by atoms with Crippen molar-refractivity contribution in [2.75, 3.05) is 0 Å². The molecule has 5 heavy (non-hydrogen) atoms. The second-order valence-corrected chi connectivity index (χ2v) is 14.0. The van der Waals surface area contributed by atoms with E-state index in [1.807, 2.05) is 0 Å². The number of hydrogen-bond acceptors (Lipinski definition) is 0. The molecule has 0 aliphatic heterocycles. The predicted molar refractivity (Wildman–Crippen MR) is 23.3 cm³/mol. The third-order valence-electron chi connectivity index (χ3n) is 0. The van der Waals surface area contributed by atoms with Crippen LogP contribution >= 0.6 is 16.9 Å². The maximum Gasteiger partial charge on any atom is 0 e. The van der Waals surface area contributed by atoms with Gasteiger partial charge in [0.25, 0.3) is 0 Å². The topological polar surface area (TPSA) is 0 Å². The van der Waals surface area contributed by atoms with Gasteiger partial charge in [-0.2, -0.15) is 0 Å². The normalized spacial score (nSPS) is 5.40. The summed E-state index contributed by atoms with van der Waals surface area (Å²) in [6.07, 6.45) is 0. The molecule has 0 bridgehead atoms. The summed E-state index contributed by atoms with van der Waals surface area (Å²) in [5.41, 5.74) is 15.1. The molecule has 0 amide bonds. The van der Waals surface area contributed by atoms with Crippen molar-refractivity contribution in [1.82, 2.24) is 0 Å². The van der Waals surface area contributed by atoms with Gasteiger partial charge in [0, 0.05) is 29.6 Å². The van der Waals surface area contributed by atoms with Gasteiger partial charge in [0.15, 0.2) is 0 Å². The van der Waals surface area contributed by atoms with Crippen molar-refractivity contribution in [2.45, 2.75) is 0 Å². The van der Waals surface area contributed by atoms with Crippen LogP contribution in [-0.4, -0.2) is 29.6 Å². The van der Waals surface area contributed by atoms with E-state index in [2.05, 4.69) is 0 Å². The maximum atomic E-state index is 5.02. The molecule has 0 spiro atoms. The summed E-state index contributed by atoms with van der Waals surface area (Å²) < 4.78 is 0. The van der Waals surface area contributed by atoms with Crippen molar-refractivity contribution in [2.24, 2.45) is 0 Å². The molecule has 0 unspecified atom stereocenters. The average molecular weight is 269 g/mol. The summed E-state index contributed by atoms with van der Waals surface area (Å²) in [6, 6.07) is 0. The molecular formula is CeCl3Na. The van der Waals surface area contributed by atoms with Gasteiger partial charge in [-0.25, -0.2) is 0 Å². The van der Waals surface area contributed by atoms with Crippen LogP contribution in [0.2, 0.25) is 0 Å². The standard InChI is InChI=1S/Ce.3ClH.Na/h;3*1H;/q+3;;;;/p-3. The third-order valence-corrected chi connectivity index (χ3v) is 0. The van der Waals surface area contributed by atoms with Crippen molar-refractivity contribution < 1.29 is 30.7 Å². The zero-order valence-electron chi connectivity index (χ0n) is 2.63. The fourth-order valence-electron chi connectivity index (χ4n) is 0. The molecule has 0 saturated heterocycles. The van der Waals surface area contributed by atoms with Crippen molar-refractivity contribution in [1.29, 1.82) is 0 Å². The summed E-state index contributed by atoms with van der Waals surface area (Å²) in [4.78, 5) is 0. The molecule has 0 N–H and O–H groups in total. The van der Waals surface area contributed by atoms with Crippen LogP contribution in [0.25, 0.3) is 0 Å². The summed E-state index contributed by atoms with van der Waals surface area (Å²) >= 11 is -2.24. The van der Waals surface area contributed by atoms with Gasteiger partial charge >= 0.3 is 47.6 Å². The molecule has 0 atom stereocenters. The Labute approximate surface area is 74.7 Å². The summed E-state index contributed by atoms with van der Waals surface area (Å²) in [6.45, 7) is 0. The fraction of sp³-hybridized carbons (Fsp3) is 0. The van der Waals surface area contributed by atoms with E-state index in [1.54, 1.807) is 0 Å². The Morgan fingerprint density at radius 2 is 1.00 bits per heavy atom. The van der Waals surface area contributed by atoms with Gasteiger partial charge in [0.05, 0.1) is 0 Å². The van der Waals surface area contributed by atoms with Crippen LogP contribution in [0, 0.1) is 30.7 Å². The minimum atomic E-state index is -2.24.